The lowest BCUT2D eigenvalue weighted by molar-refractivity contribution is 0.249. The van der Waals surface area contributed by atoms with Gasteiger partial charge in [-0.15, -0.1) is 0 Å². The molecule has 0 bridgehead atoms. The molecule has 0 heterocycles. The first-order valence-electron chi connectivity index (χ1n) is 7.56. The Morgan fingerprint density at radius 2 is 1.79 bits per heavy atom. The van der Waals surface area contributed by atoms with Gasteiger partial charge >= 0.3 is 0 Å². The van der Waals surface area contributed by atoms with Gasteiger partial charge in [0, 0.05) is 19.1 Å². The topological polar surface area (TPSA) is 49.4 Å². The first kappa shape index (κ1) is 16.9. The zero-order valence-corrected chi connectivity index (χ0v) is 13.7. The van der Waals surface area contributed by atoms with Gasteiger partial charge in [-0.2, -0.15) is 0 Å². The summed E-state index contributed by atoms with van der Waals surface area (Å²) >= 11 is 0. The molecular formula is C14H30N2O2S. The second-order valence-electron chi connectivity index (χ2n) is 6.15. The van der Waals surface area contributed by atoms with Gasteiger partial charge in [0.2, 0.25) is 10.0 Å². The minimum absolute atomic E-state index is 0.190. The van der Waals surface area contributed by atoms with Crippen LogP contribution in [0.5, 0.6) is 0 Å². The van der Waals surface area contributed by atoms with E-state index in [0.29, 0.717) is 6.04 Å². The summed E-state index contributed by atoms with van der Waals surface area (Å²) in [5.41, 5.74) is 0. The largest absolute Gasteiger partial charge is 0.314 e. The predicted octanol–water partition coefficient (Wildman–Crippen LogP) is 2.21. The zero-order chi connectivity index (χ0) is 14.5. The molecule has 0 amide bonds. The van der Waals surface area contributed by atoms with E-state index in [1.165, 1.54) is 0 Å². The summed E-state index contributed by atoms with van der Waals surface area (Å²) in [6, 6.07) is 0.779. The van der Waals surface area contributed by atoms with Crippen LogP contribution in [-0.2, 0) is 10.0 Å². The van der Waals surface area contributed by atoms with Gasteiger partial charge in [-0.3, -0.25) is 0 Å². The lowest BCUT2D eigenvalue weighted by Gasteiger charge is -2.34. The summed E-state index contributed by atoms with van der Waals surface area (Å²) in [5.74, 6) is 0.451. The third-order valence-electron chi connectivity index (χ3n) is 3.88. The molecule has 1 fully saturated rings. The fourth-order valence-corrected chi connectivity index (χ4v) is 4.50. The van der Waals surface area contributed by atoms with E-state index in [0.717, 1.165) is 38.6 Å². The molecule has 1 rings (SSSR count). The Labute approximate surface area is 119 Å². The van der Waals surface area contributed by atoms with Gasteiger partial charge in [0.15, 0.2) is 0 Å². The van der Waals surface area contributed by atoms with Crippen molar-refractivity contribution in [2.24, 2.45) is 5.92 Å². The van der Waals surface area contributed by atoms with E-state index in [9.17, 15) is 8.42 Å². The molecule has 19 heavy (non-hydrogen) atoms. The maximum absolute atomic E-state index is 12.2. The van der Waals surface area contributed by atoms with Crippen molar-refractivity contribution < 1.29 is 8.42 Å². The van der Waals surface area contributed by atoms with Crippen molar-refractivity contribution in [3.8, 4) is 0 Å². The molecule has 0 aromatic carbocycles. The van der Waals surface area contributed by atoms with Gasteiger partial charge in [0.25, 0.3) is 0 Å². The van der Waals surface area contributed by atoms with Crippen LogP contribution in [0.3, 0.4) is 0 Å². The SMILES string of the molecule is CCCNC1CCC(N(C)S(=O)(=O)CC(C)C)CC1. The molecule has 0 aromatic heterocycles. The molecule has 0 atom stereocenters. The second kappa shape index (κ2) is 7.60. The number of nitrogens with one attached hydrogen (secondary N) is 1. The smallest absolute Gasteiger partial charge is 0.214 e. The first-order valence-corrected chi connectivity index (χ1v) is 9.16. The molecule has 0 aliphatic heterocycles. The Bertz CT molecular complexity index is 346. The number of nitrogens with zero attached hydrogens (tertiary/aromatic N) is 1. The fraction of sp³-hybridized carbons (Fsp3) is 1.00. The summed E-state index contributed by atoms with van der Waals surface area (Å²) in [7, 11) is -1.33. The molecular weight excluding hydrogens is 260 g/mol. The van der Waals surface area contributed by atoms with E-state index in [1.807, 2.05) is 13.8 Å². The van der Waals surface area contributed by atoms with Crippen LogP contribution in [0.15, 0.2) is 0 Å². The van der Waals surface area contributed by atoms with Crippen molar-refractivity contribution >= 4 is 10.0 Å². The Hall–Kier alpha value is -0.130. The summed E-state index contributed by atoms with van der Waals surface area (Å²) in [6.07, 6.45) is 5.30. The Morgan fingerprint density at radius 3 is 2.26 bits per heavy atom. The standard InChI is InChI=1S/C14H30N2O2S/c1-5-10-15-13-6-8-14(9-7-13)16(4)19(17,18)11-12(2)3/h12-15H,5-11H2,1-4H3. The van der Waals surface area contributed by atoms with Crippen LogP contribution < -0.4 is 5.32 Å². The summed E-state index contributed by atoms with van der Waals surface area (Å²) in [6.45, 7) is 7.15. The van der Waals surface area contributed by atoms with Crippen molar-refractivity contribution in [3.05, 3.63) is 0 Å². The number of rotatable bonds is 7. The number of sulfonamides is 1. The maximum Gasteiger partial charge on any atom is 0.214 e. The van der Waals surface area contributed by atoms with Crippen molar-refractivity contribution in [3.63, 3.8) is 0 Å². The van der Waals surface area contributed by atoms with Crippen molar-refractivity contribution in [1.82, 2.24) is 9.62 Å². The van der Waals surface area contributed by atoms with Crippen LogP contribution in [0.25, 0.3) is 0 Å². The molecule has 1 N–H and O–H groups in total. The van der Waals surface area contributed by atoms with Gasteiger partial charge < -0.3 is 5.32 Å². The highest BCUT2D eigenvalue weighted by Gasteiger charge is 2.30. The average molecular weight is 290 g/mol. The Morgan fingerprint density at radius 1 is 1.21 bits per heavy atom. The molecule has 0 aromatic rings. The predicted molar refractivity (Wildman–Crippen MR) is 80.7 cm³/mol. The van der Waals surface area contributed by atoms with E-state index >= 15 is 0 Å². The molecule has 0 unspecified atom stereocenters. The van der Waals surface area contributed by atoms with Crippen LogP contribution >= 0.6 is 0 Å². The van der Waals surface area contributed by atoms with E-state index < -0.39 is 10.0 Å². The van der Waals surface area contributed by atoms with Gasteiger partial charge in [-0.25, -0.2) is 12.7 Å². The molecule has 0 spiro atoms. The summed E-state index contributed by atoms with van der Waals surface area (Å²) < 4.78 is 26.0. The first-order chi connectivity index (χ1) is 8.86. The minimum atomic E-state index is -3.08. The van der Waals surface area contributed by atoms with E-state index in [2.05, 4.69) is 12.2 Å². The Kier molecular flexibility index (Phi) is 6.77. The molecule has 114 valence electrons. The van der Waals surface area contributed by atoms with Gasteiger partial charge in [-0.1, -0.05) is 20.8 Å². The highest BCUT2D eigenvalue weighted by Crippen LogP contribution is 2.24. The van der Waals surface area contributed by atoms with Crippen LogP contribution in [0.4, 0.5) is 0 Å². The van der Waals surface area contributed by atoms with Gasteiger partial charge in [0.05, 0.1) is 5.75 Å². The zero-order valence-electron chi connectivity index (χ0n) is 12.9. The lowest BCUT2D eigenvalue weighted by Crippen LogP contribution is -2.44. The maximum atomic E-state index is 12.2. The van der Waals surface area contributed by atoms with Crippen molar-refractivity contribution in [2.45, 2.75) is 65.0 Å². The third-order valence-corrected chi connectivity index (χ3v) is 6.14. The van der Waals surface area contributed by atoms with E-state index in [-0.39, 0.29) is 17.7 Å². The van der Waals surface area contributed by atoms with Crippen molar-refractivity contribution in [2.75, 3.05) is 19.3 Å². The van der Waals surface area contributed by atoms with E-state index in [1.54, 1.807) is 11.4 Å². The summed E-state index contributed by atoms with van der Waals surface area (Å²) in [4.78, 5) is 0. The molecule has 5 heteroatoms. The third kappa shape index (κ3) is 5.40. The molecule has 0 radical (unpaired) electrons. The molecule has 0 saturated heterocycles. The van der Waals surface area contributed by atoms with Crippen LogP contribution in [0.2, 0.25) is 0 Å². The number of hydrogen-bond donors (Lipinski definition) is 1. The normalized spacial score (nSPS) is 25.2. The van der Waals surface area contributed by atoms with Crippen molar-refractivity contribution in [1.29, 1.82) is 0 Å². The van der Waals surface area contributed by atoms with Crippen LogP contribution in [0.1, 0.15) is 52.9 Å². The molecule has 1 saturated carbocycles. The monoisotopic (exact) mass is 290 g/mol. The second-order valence-corrected chi connectivity index (χ2v) is 8.22. The molecule has 4 nitrogen and oxygen atoms in total. The quantitative estimate of drug-likeness (QED) is 0.782. The van der Waals surface area contributed by atoms with Crippen LogP contribution in [0, 0.1) is 5.92 Å². The molecule has 1 aliphatic rings. The number of hydrogen-bond acceptors (Lipinski definition) is 3. The minimum Gasteiger partial charge on any atom is -0.314 e. The fourth-order valence-electron chi connectivity index (χ4n) is 2.76. The van der Waals surface area contributed by atoms with Gasteiger partial charge in [-0.05, 0) is 44.6 Å². The highest BCUT2D eigenvalue weighted by molar-refractivity contribution is 7.89. The average Bonchev–Trinajstić information content (AvgIpc) is 2.34. The van der Waals surface area contributed by atoms with Gasteiger partial charge in [0.1, 0.15) is 0 Å². The lowest BCUT2D eigenvalue weighted by atomic mass is 9.91. The van der Waals surface area contributed by atoms with Crippen LogP contribution in [-0.4, -0.2) is 44.2 Å². The Balaban J connectivity index is 2.46. The van der Waals surface area contributed by atoms with E-state index in [4.69, 9.17) is 0 Å². The highest BCUT2D eigenvalue weighted by atomic mass is 32.2. The summed E-state index contributed by atoms with van der Waals surface area (Å²) in [5, 5.41) is 3.53. The molecule has 1 aliphatic carbocycles.